The first-order valence-corrected chi connectivity index (χ1v) is 10.8. The van der Waals surface area contributed by atoms with Crippen LogP contribution in [-0.4, -0.2) is 25.8 Å². The second-order valence-corrected chi connectivity index (χ2v) is 8.84. The van der Waals surface area contributed by atoms with Crippen molar-refractivity contribution in [1.82, 2.24) is 4.57 Å². The van der Waals surface area contributed by atoms with Crippen molar-refractivity contribution in [2.24, 2.45) is 13.0 Å². The molecule has 1 unspecified atom stereocenters. The standard InChI is InChI=1S/C21H23NO4S/c1-22-20-9-8-15(13-25-17-6-4-3-5-7-17)10-18(20)19-11-16(12-21(19)22)14-26-27(2,23)24/h3-10,16H,11-14H2,1-2H3. The first kappa shape index (κ1) is 18.1. The number of ether oxygens (including phenoxy) is 1. The molecular weight excluding hydrogens is 362 g/mol. The summed E-state index contributed by atoms with van der Waals surface area (Å²) >= 11 is 0. The number of aromatic nitrogens is 1. The molecule has 2 aromatic carbocycles. The lowest BCUT2D eigenvalue weighted by atomic mass is 10.0. The molecule has 0 aliphatic heterocycles. The van der Waals surface area contributed by atoms with Gasteiger partial charge in [-0.25, -0.2) is 0 Å². The maximum atomic E-state index is 11.3. The van der Waals surface area contributed by atoms with Crippen LogP contribution in [-0.2, 0) is 40.8 Å². The van der Waals surface area contributed by atoms with Crippen LogP contribution in [0, 0.1) is 5.92 Å². The molecule has 1 aliphatic rings. The third-order valence-electron chi connectivity index (χ3n) is 5.14. The second-order valence-electron chi connectivity index (χ2n) is 7.20. The predicted octanol–water partition coefficient (Wildman–Crippen LogP) is 3.45. The van der Waals surface area contributed by atoms with E-state index in [-0.39, 0.29) is 12.5 Å². The zero-order valence-electron chi connectivity index (χ0n) is 15.5. The Morgan fingerprint density at radius 3 is 2.63 bits per heavy atom. The molecular formula is C21H23NO4S. The molecule has 5 nitrogen and oxygen atoms in total. The van der Waals surface area contributed by atoms with E-state index in [9.17, 15) is 8.42 Å². The molecule has 1 heterocycles. The van der Waals surface area contributed by atoms with Crippen LogP contribution in [0.15, 0.2) is 48.5 Å². The number of hydrogen-bond donors (Lipinski definition) is 0. The SMILES string of the molecule is Cn1c2c(c3cc(COc4ccccc4)ccc31)CC(COS(C)(=O)=O)C2. The van der Waals surface area contributed by atoms with Gasteiger partial charge in [0.2, 0.25) is 0 Å². The first-order valence-electron chi connectivity index (χ1n) is 9.02. The molecule has 0 amide bonds. The van der Waals surface area contributed by atoms with Crippen LogP contribution in [0.2, 0.25) is 0 Å². The van der Waals surface area contributed by atoms with E-state index in [1.807, 2.05) is 30.3 Å². The lowest BCUT2D eigenvalue weighted by Crippen LogP contribution is -2.14. The Morgan fingerprint density at radius 1 is 1.11 bits per heavy atom. The first-order chi connectivity index (χ1) is 12.9. The summed E-state index contributed by atoms with van der Waals surface area (Å²) in [5.74, 6) is 1.05. The summed E-state index contributed by atoms with van der Waals surface area (Å²) in [6, 6.07) is 16.2. The highest BCUT2D eigenvalue weighted by Crippen LogP contribution is 2.36. The number of benzene rings is 2. The van der Waals surface area contributed by atoms with Gasteiger partial charge >= 0.3 is 0 Å². The monoisotopic (exact) mass is 385 g/mol. The Labute approximate surface area is 159 Å². The molecule has 0 saturated carbocycles. The molecule has 3 aromatic rings. The summed E-state index contributed by atoms with van der Waals surface area (Å²) in [6.45, 7) is 0.760. The highest BCUT2D eigenvalue weighted by atomic mass is 32.2. The molecule has 27 heavy (non-hydrogen) atoms. The molecule has 6 heteroatoms. The second kappa shape index (κ2) is 7.02. The summed E-state index contributed by atoms with van der Waals surface area (Å²) in [7, 11) is -1.33. The number of nitrogens with zero attached hydrogens (tertiary/aromatic N) is 1. The summed E-state index contributed by atoms with van der Waals surface area (Å²) in [5.41, 5.74) is 4.89. The van der Waals surface area contributed by atoms with Crippen LogP contribution in [0.4, 0.5) is 0 Å². The molecule has 0 N–H and O–H groups in total. The Hall–Kier alpha value is -2.31. The zero-order chi connectivity index (χ0) is 19.0. The van der Waals surface area contributed by atoms with E-state index in [0.717, 1.165) is 30.4 Å². The molecule has 1 atom stereocenters. The third-order valence-corrected chi connectivity index (χ3v) is 5.71. The topological polar surface area (TPSA) is 57.5 Å². The van der Waals surface area contributed by atoms with Gasteiger partial charge in [0.25, 0.3) is 10.1 Å². The van der Waals surface area contributed by atoms with E-state index in [2.05, 4.69) is 29.8 Å². The zero-order valence-corrected chi connectivity index (χ0v) is 16.3. The summed E-state index contributed by atoms with van der Waals surface area (Å²) in [4.78, 5) is 0. The maximum Gasteiger partial charge on any atom is 0.264 e. The molecule has 0 saturated heterocycles. The van der Waals surface area contributed by atoms with Gasteiger partial charge in [-0.1, -0.05) is 24.3 Å². The fourth-order valence-corrected chi connectivity index (χ4v) is 4.29. The van der Waals surface area contributed by atoms with Gasteiger partial charge in [-0.05, 0) is 54.2 Å². The van der Waals surface area contributed by atoms with E-state index in [1.165, 1.54) is 22.2 Å². The molecule has 0 spiro atoms. The van der Waals surface area contributed by atoms with E-state index in [4.69, 9.17) is 8.92 Å². The molecule has 0 bridgehead atoms. The number of hydrogen-bond acceptors (Lipinski definition) is 4. The minimum absolute atomic E-state index is 0.199. The van der Waals surface area contributed by atoms with Crippen LogP contribution in [0.3, 0.4) is 0 Å². The normalized spacial score (nSPS) is 16.6. The van der Waals surface area contributed by atoms with Crippen molar-refractivity contribution in [3.05, 3.63) is 65.4 Å². The van der Waals surface area contributed by atoms with Crippen molar-refractivity contribution in [3.8, 4) is 5.75 Å². The van der Waals surface area contributed by atoms with Gasteiger partial charge in [0, 0.05) is 23.6 Å². The highest BCUT2D eigenvalue weighted by Gasteiger charge is 2.28. The quantitative estimate of drug-likeness (QED) is 0.610. The van der Waals surface area contributed by atoms with Crippen LogP contribution in [0.1, 0.15) is 16.8 Å². The molecule has 0 fully saturated rings. The third kappa shape index (κ3) is 3.87. The Kier molecular flexibility index (Phi) is 4.70. The average molecular weight is 385 g/mol. The average Bonchev–Trinajstić information content (AvgIpc) is 3.18. The van der Waals surface area contributed by atoms with Gasteiger partial charge in [0.1, 0.15) is 12.4 Å². The summed E-state index contributed by atoms with van der Waals surface area (Å²) in [6.07, 6.45) is 2.78. The van der Waals surface area contributed by atoms with Gasteiger partial charge < -0.3 is 9.30 Å². The minimum atomic E-state index is -3.40. The smallest absolute Gasteiger partial charge is 0.264 e. The molecule has 1 aliphatic carbocycles. The van der Waals surface area contributed by atoms with Crippen molar-refractivity contribution >= 4 is 21.0 Å². The van der Waals surface area contributed by atoms with E-state index in [1.54, 1.807) is 0 Å². The molecule has 4 rings (SSSR count). The van der Waals surface area contributed by atoms with Crippen LogP contribution in [0.25, 0.3) is 10.9 Å². The van der Waals surface area contributed by atoms with Crippen LogP contribution < -0.4 is 4.74 Å². The van der Waals surface area contributed by atoms with Gasteiger partial charge in [0.05, 0.1) is 12.9 Å². The summed E-state index contributed by atoms with van der Waals surface area (Å²) in [5, 5.41) is 1.23. The number of fused-ring (bicyclic) bond motifs is 3. The van der Waals surface area contributed by atoms with Crippen molar-refractivity contribution in [2.75, 3.05) is 12.9 Å². The molecule has 1 aromatic heterocycles. The van der Waals surface area contributed by atoms with Crippen LogP contribution in [0.5, 0.6) is 5.75 Å². The lowest BCUT2D eigenvalue weighted by molar-refractivity contribution is 0.261. The van der Waals surface area contributed by atoms with Crippen molar-refractivity contribution < 1.29 is 17.3 Å². The van der Waals surface area contributed by atoms with Crippen LogP contribution >= 0.6 is 0 Å². The number of aryl methyl sites for hydroxylation is 1. The molecule has 142 valence electrons. The van der Waals surface area contributed by atoms with E-state index in [0.29, 0.717) is 6.61 Å². The van der Waals surface area contributed by atoms with E-state index >= 15 is 0 Å². The predicted molar refractivity (Wildman–Crippen MR) is 105 cm³/mol. The Morgan fingerprint density at radius 2 is 1.89 bits per heavy atom. The van der Waals surface area contributed by atoms with Crippen molar-refractivity contribution in [1.29, 1.82) is 0 Å². The fraction of sp³-hybridized carbons (Fsp3) is 0.333. The Balaban J connectivity index is 1.54. The highest BCUT2D eigenvalue weighted by molar-refractivity contribution is 7.85. The maximum absolute atomic E-state index is 11.3. The largest absolute Gasteiger partial charge is 0.489 e. The van der Waals surface area contributed by atoms with Gasteiger partial charge in [-0.2, -0.15) is 8.42 Å². The minimum Gasteiger partial charge on any atom is -0.489 e. The lowest BCUT2D eigenvalue weighted by Gasteiger charge is -2.11. The number of rotatable bonds is 6. The van der Waals surface area contributed by atoms with Crippen molar-refractivity contribution in [2.45, 2.75) is 19.4 Å². The fourth-order valence-electron chi connectivity index (χ4n) is 3.85. The summed E-state index contributed by atoms with van der Waals surface area (Å²) < 4.78 is 35.6. The van der Waals surface area contributed by atoms with Gasteiger partial charge in [0.15, 0.2) is 0 Å². The van der Waals surface area contributed by atoms with E-state index < -0.39 is 10.1 Å². The van der Waals surface area contributed by atoms with Crippen molar-refractivity contribution in [3.63, 3.8) is 0 Å². The van der Waals surface area contributed by atoms with Gasteiger partial charge in [-0.15, -0.1) is 0 Å². The molecule has 0 radical (unpaired) electrons. The Bertz CT molecular complexity index is 1070. The van der Waals surface area contributed by atoms with Gasteiger partial charge in [-0.3, -0.25) is 4.18 Å². The number of para-hydroxylation sites is 1.